The van der Waals surface area contributed by atoms with E-state index in [1.165, 1.54) is 38.1 Å². The fourth-order valence-electron chi connectivity index (χ4n) is 8.61. The summed E-state index contributed by atoms with van der Waals surface area (Å²) in [6.45, 7) is 0. The molecule has 6 nitrogen and oxygen atoms in total. The highest BCUT2D eigenvalue weighted by atomic mass is 16.3. The molecule has 0 aliphatic heterocycles. The maximum absolute atomic E-state index is 6.74. The van der Waals surface area contributed by atoms with E-state index in [9.17, 15) is 0 Å². The third kappa shape index (κ3) is 4.87. The van der Waals surface area contributed by atoms with Gasteiger partial charge in [0, 0.05) is 66.4 Å². The van der Waals surface area contributed by atoms with Gasteiger partial charge >= 0.3 is 0 Å². The monoisotopic (exact) mass is 729 g/mol. The second-order valence-corrected chi connectivity index (χ2v) is 14.4. The van der Waals surface area contributed by atoms with Gasteiger partial charge in [-0.1, -0.05) is 127 Å². The van der Waals surface area contributed by atoms with E-state index in [-0.39, 0.29) is 0 Å². The van der Waals surface area contributed by atoms with Gasteiger partial charge in [-0.15, -0.1) is 0 Å². The number of hydrogen-bond donors (Lipinski definition) is 0. The van der Waals surface area contributed by atoms with Crippen LogP contribution in [0.4, 0.5) is 0 Å². The molecule has 266 valence electrons. The van der Waals surface area contributed by atoms with Crippen molar-refractivity contribution < 1.29 is 4.42 Å². The Morgan fingerprint density at radius 3 is 1.54 bits per heavy atom. The van der Waals surface area contributed by atoms with Crippen molar-refractivity contribution in [3.8, 4) is 45.5 Å². The van der Waals surface area contributed by atoms with E-state index in [1.54, 1.807) is 0 Å². The summed E-state index contributed by atoms with van der Waals surface area (Å²) in [5.41, 5.74) is 11.2. The Bertz CT molecular complexity index is 3450. The quantitative estimate of drug-likeness (QED) is 0.177. The Morgan fingerprint density at radius 1 is 0.333 bits per heavy atom. The van der Waals surface area contributed by atoms with Crippen LogP contribution in [0.3, 0.4) is 0 Å². The van der Waals surface area contributed by atoms with E-state index in [2.05, 4.69) is 137 Å². The average molecular weight is 730 g/mol. The summed E-state index contributed by atoms with van der Waals surface area (Å²) in [4.78, 5) is 14.8. The van der Waals surface area contributed by atoms with Gasteiger partial charge in [0.25, 0.3) is 0 Å². The van der Waals surface area contributed by atoms with Crippen LogP contribution in [0, 0.1) is 0 Å². The zero-order valence-corrected chi connectivity index (χ0v) is 30.5. The molecule has 0 atom stereocenters. The highest BCUT2D eigenvalue weighted by Crippen LogP contribution is 2.43. The van der Waals surface area contributed by atoms with Crippen LogP contribution in [0.2, 0.25) is 0 Å². The minimum Gasteiger partial charge on any atom is -0.456 e. The molecule has 6 heteroatoms. The summed E-state index contributed by atoms with van der Waals surface area (Å²) in [6.07, 6.45) is 0. The van der Waals surface area contributed by atoms with Gasteiger partial charge in [-0.25, -0.2) is 15.0 Å². The molecule has 12 rings (SSSR count). The van der Waals surface area contributed by atoms with Crippen LogP contribution < -0.4 is 0 Å². The fraction of sp³-hybridized carbons (Fsp3) is 0. The van der Waals surface area contributed by atoms with Gasteiger partial charge in [-0.3, -0.25) is 0 Å². The second-order valence-electron chi connectivity index (χ2n) is 14.4. The fourth-order valence-corrected chi connectivity index (χ4v) is 8.61. The molecule has 0 fully saturated rings. The molecule has 0 N–H and O–H groups in total. The molecule has 12 aromatic rings. The first-order valence-corrected chi connectivity index (χ1v) is 19.1. The van der Waals surface area contributed by atoms with E-state index in [0.717, 1.165) is 55.5 Å². The maximum atomic E-state index is 6.74. The lowest BCUT2D eigenvalue weighted by molar-refractivity contribution is 0.668. The number of para-hydroxylation sites is 3. The number of hydrogen-bond acceptors (Lipinski definition) is 4. The molecule has 0 unspecified atom stereocenters. The molecule has 0 radical (unpaired) electrons. The average Bonchev–Trinajstić information content (AvgIpc) is 3.94. The summed E-state index contributed by atoms with van der Waals surface area (Å²) in [5, 5.41) is 6.95. The Labute approximate surface area is 326 Å². The van der Waals surface area contributed by atoms with Gasteiger partial charge in [-0.05, 0) is 54.6 Å². The lowest BCUT2D eigenvalue weighted by Crippen LogP contribution is -2.00. The molecular formula is C51H31N5O. The van der Waals surface area contributed by atoms with Crippen molar-refractivity contribution in [1.29, 1.82) is 0 Å². The minimum atomic E-state index is 0.592. The number of aromatic nitrogens is 5. The largest absolute Gasteiger partial charge is 0.456 e. The number of rotatable bonds is 5. The molecule has 0 saturated carbocycles. The van der Waals surface area contributed by atoms with Crippen LogP contribution in [0.25, 0.3) is 111 Å². The van der Waals surface area contributed by atoms with Crippen LogP contribution in [-0.4, -0.2) is 24.1 Å². The SMILES string of the molecule is c1ccc(-c2nc(-c3ccccc3)nc(-c3ccc4c(c3)oc3cc(-n5c6ccccc6c6ccc7c(c8ccccc8n7-c7ccccc7)c65)ccc34)n2)cc1. The Hall–Kier alpha value is -7.83. The summed E-state index contributed by atoms with van der Waals surface area (Å²) < 4.78 is 11.5. The highest BCUT2D eigenvalue weighted by Gasteiger charge is 2.22. The molecular weight excluding hydrogens is 699 g/mol. The van der Waals surface area contributed by atoms with E-state index >= 15 is 0 Å². The first-order valence-electron chi connectivity index (χ1n) is 19.1. The summed E-state index contributed by atoms with van der Waals surface area (Å²) >= 11 is 0. The molecule has 4 aromatic heterocycles. The van der Waals surface area contributed by atoms with Crippen molar-refractivity contribution in [3.63, 3.8) is 0 Å². The smallest absolute Gasteiger partial charge is 0.164 e. The van der Waals surface area contributed by atoms with Gasteiger partial charge in [0.2, 0.25) is 0 Å². The molecule has 0 bridgehead atoms. The zero-order valence-electron chi connectivity index (χ0n) is 30.5. The van der Waals surface area contributed by atoms with Crippen molar-refractivity contribution in [3.05, 3.63) is 188 Å². The first kappa shape index (κ1) is 31.5. The van der Waals surface area contributed by atoms with Crippen molar-refractivity contribution >= 4 is 65.6 Å². The summed E-state index contributed by atoms with van der Waals surface area (Å²) in [6, 6.07) is 65.5. The standard InChI is InChI=1S/C51H31N5O/c1-4-14-32(15-5-1)49-52-50(33-16-6-2-7-17-33)54-51(53-49)34-24-26-38-39-27-25-36(31-46(39)57-45(38)30-34)56-42-22-12-10-20-37(42)40-28-29-44-47(48(40)56)41-21-11-13-23-43(41)55(44)35-18-8-3-9-19-35/h1-31H. The van der Waals surface area contributed by atoms with Crippen molar-refractivity contribution in [1.82, 2.24) is 24.1 Å². The molecule has 4 heterocycles. The predicted molar refractivity (Wildman–Crippen MR) is 232 cm³/mol. The number of nitrogens with zero attached hydrogens (tertiary/aromatic N) is 5. The van der Waals surface area contributed by atoms with Crippen molar-refractivity contribution in [2.24, 2.45) is 0 Å². The molecule has 0 spiro atoms. The van der Waals surface area contributed by atoms with Crippen molar-refractivity contribution in [2.45, 2.75) is 0 Å². The van der Waals surface area contributed by atoms with Gasteiger partial charge in [0.05, 0.1) is 22.1 Å². The highest BCUT2D eigenvalue weighted by molar-refractivity contribution is 6.26. The van der Waals surface area contributed by atoms with Crippen LogP contribution >= 0.6 is 0 Å². The lowest BCUT2D eigenvalue weighted by atomic mass is 10.1. The van der Waals surface area contributed by atoms with Crippen molar-refractivity contribution in [2.75, 3.05) is 0 Å². The molecule has 0 aliphatic carbocycles. The van der Waals surface area contributed by atoms with Crippen LogP contribution in [0.1, 0.15) is 0 Å². The maximum Gasteiger partial charge on any atom is 0.164 e. The predicted octanol–water partition coefficient (Wildman–Crippen LogP) is 13.0. The molecule has 0 aliphatic rings. The third-order valence-electron chi connectivity index (χ3n) is 11.2. The van der Waals surface area contributed by atoms with Gasteiger partial charge in [-0.2, -0.15) is 0 Å². The summed E-state index contributed by atoms with van der Waals surface area (Å²) in [7, 11) is 0. The number of fused-ring (bicyclic) bond motifs is 10. The Morgan fingerprint density at radius 2 is 0.860 bits per heavy atom. The number of benzene rings is 8. The topological polar surface area (TPSA) is 61.7 Å². The molecule has 0 saturated heterocycles. The van der Waals surface area contributed by atoms with Crippen LogP contribution in [-0.2, 0) is 0 Å². The van der Waals surface area contributed by atoms with E-state index in [4.69, 9.17) is 19.4 Å². The van der Waals surface area contributed by atoms with E-state index in [0.29, 0.717) is 17.5 Å². The molecule has 57 heavy (non-hydrogen) atoms. The first-order chi connectivity index (χ1) is 28.3. The lowest BCUT2D eigenvalue weighted by Gasteiger charge is -2.10. The number of furan rings is 1. The minimum absolute atomic E-state index is 0.592. The zero-order chi connectivity index (χ0) is 37.5. The van der Waals surface area contributed by atoms with E-state index < -0.39 is 0 Å². The molecule has 8 aromatic carbocycles. The normalized spacial score (nSPS) is 11.9. The Balaban J connectivity index is 1.06. The van der Waals surface area contributed by atoms with Gasteiger partial charge in [0.1, 0.15) is 11.2 Å². The third-order valence-corrected chi connectivity index (χ3v) is 11.2. The summed E-state index contributed by atoms with van der Waals surface area (Å²) in [5.74, 6) is 1.84. The van der Waals surface area contributed by atoms with E-state index in [1.807, 2.05) is 60.7 Å². The van der Waals surface area contributed by atoms with Gasteiger partial charge in [0.15, 0.2) is 17.5 Å². The van der Waals surface area contributed by atoms with Crippen LogP contribution in [0.15, 0.2) is 192 Å². The second kappa shape index (κ2) is 12.3. The van der Waals surface area contributed by atoms with Gasteiger partial charge < -0.3 is 13.6 Å². The Kier molecular flexibility index (Phi) is 6.83. The van der Waals surface area contributed by atoms with Crippen LogP contribution in [0.5, 0.6) is 0 Å². The molecule has 0 amide bonds.